The fraction of sp³-hybridized carbons (Fsp3) is 0.286. The molecule has 106 valence electrons. The first-order valence-electron chi connectivity index (χ1n) is 6.29. The van der Waals surface area contributed by atoms with Crippen LogP contribution in [0.2, 0.25) is 0 Å². The van der Waals surface area contributed by atoms with Gasteiger partial charge in [0, 0.05) is 5.56 Å². The number of hydrogen-bond acceptors (Lipinski definition) is 5. The Kier molecular flexibility index (Phi) is 3.65. The molecule has 1 heterocycles. The number of carbonyl (C=O) groups is 1. The molecule has 1 amide bonds. The lowest BCUT2D eigenvalue weighted by Gasteiger charge is -2.17. The number of nitrogens with one attached hydrogen (secondary N) is 1. The molecule has 6 heteroatoms. The van der Waals surface area contributed by atoms with Crippen LogP contribution in [0, 0.1) is 13.8 Å². The van der Waals surface area contributed by atoms with Gasteiger partial charge in [-0.25, -0.2) is 0 Å². The van der Waals surface area contributed by atoms with Gasteiger partial charge in [-0.15, -0.1) is 0 Å². The summed E-state index contributed by atoms with van der Waals surface area (Å²) in [6.45, 7) is 5.72. The van der Waals surface area contributed by atoms with E-state index in [-0.39, 0.29) is 6.04 Å². The van der Waals surface area contributed by atoms with Crippen LogP contribution in [0.4, 0.5) is 11.4 Å². The van der Waals surface area contributed by atoms with E-state index in [1.807, 2.05) is 20.8 Å². The normalized spacial score (nSPS) is 12.2. The van der Waals surface area contributed by atoms with Crippen LogP contribution >= 0.6 is 0 Å². The van der Waals surface area contributed by atoms with Crippen LogP contribution in [0.1, 0.15) is 40.3 Å². The Labute approximate surface area is 117 Å². The number of aromatic nitrogens is 1. The summed E-state index contributed by atoms with van der Waals surface area (Å²) in [6.07, 6.45) is 0. The Hall–Kier alpha value is -2.50. The lowest BCUT2D eigenvalue weighted by Crippen LogP contribution is -2.16. The van der Waals surface area contributed by atoms with E-state index in [4.69, 9.17) is 16.0 Å². The van der Waals surface area contributed by atoms with Crippen LogP contribution in [0.25, 0.3) is 0 Å². The summed E-state index contributed by atoms with van der Waals surface area (Å²) in [5, 5.41) is 7.18. The number of anilines is 2. The molecule has 0 saturated heterocycles. The molecule has 0 spiro atoms. The van der Waals surface area contributed by atoms with Crippen molar-refractivity contribution in [3.63, 3.8) is 0 Å². The average Bonchev–Trinajstić information content (AvgIpc) is 2.71. The number of primary amides is 1. The summed E-state index contributed by atoms with van der Waals surface area (Å²) in [6, 6.07) is 5.09. The molecule has 6 nitrogen and oxygen atoms in total. The van der Waals surface area contributed by atoms with Crippen molar-refractivity contribution >= 4 is 17.3 Å². The SMILES string of the molecule is Cc1noc(C)c1C(C)Nc1cccc(C(N)=O)c1N. The van der Waals surface area contributed by atoms with Gasteiger partial charge in [0.2, 0.25) is 0 Å². The fourth-order valence-electron chi connectivity index (χ4n) is 2.32. The maximum atomic E-state index is 11.3. The molecule has 0 fully saturated rings. The van der Waals surface area contributed by atoms with Gasteiger partial charge in [-0.05, 0) is 32.9 Å². The molecule has 20 heavy (non-hydrogen) atoms. The summed E-state index contributed by atoms with van der Waals surface area (Å²) in [5.74, 6) is 0.211. The van der Waals surface area contributed by atoms with Crippen LogP contribution in [0.5, 0.6) is 0 Å². The summed E-state index contributed by atoms with van der Waals surface area (Å²) >= 11 is 0. The van der Waals surface area contributed by atoms with E-state index < -0.39 is 5.91 Å². The van der Waals surface area contributed by atoms with E-state index in [9.17, 15) is 4.79 Å². The van der Waals surface area contributed by atoms with Gasteiger partial charge in [0.15, 0.2) is 0 Å². The molecule has 2 aromatic rings. The largest absolute Gasteiger partial charge is 0.396 e. The number of benzene rings is 1. The van der Waals surface area contributed by atoms with Gasteiger partial charge in [-0.3, -0.25) is 4.79 Å². The third kappa shape index (κ3) is 2.45. The van der Waals surface area contributed by atoms with Crippen LogP contribution in [0.3, 0.4) is 0 Å². The minimum absolute atomic E-state index is 0.0494. The van der Waals surface area contributed by atoms with Crippen LogP contribution in [0.15, 0.2) is 22.7 Å². The third-order valence-corrected chi connectivity index (χ3v) is 3.27. The van der Waals surface area contributed by atoms with E-state index in [2.05, 4.69) is 10.5 Å². The molecule has 0 aliphatic carbocycles. The number of amides is 1. The summed E-state index contributed by atoms with van der Waals surface area (Å²) in [7, 11) is 0. The molecule has 2 rings (SSSR count). The summed E-state index contributed by atoms with van der Waals surface area (Å²) in [4.78, 5) is 11.3. The van der Waals surface area contributed by atoms with Crippen molar-refractivity contribution in [2.75, 3.05) is 11.1 Å². The smallest absolute Gasteiger partial charge is 0.250 e. The Balaban J connectivity index is 2.31. The van der Waals surface area contributed by atoms with E-state index in [0.29, 0.717) is 16.9 Å². The van der Waals surface area contributed by atoms with Crippen molar-refractivity contribution in [1.82, 2.24) is 5.16 Å². The average molecular weight is 274 g/mol. The first kappa shape index (κ1) is 13.9. The van der Waals surface area contributed by atoms with E-state index >= 15 is 0 Å². The molecule has 1 aromatic carbocycles. The quantitative estimate of drug-likeness (QED) is 0.740. The standard InChI is InChI=1S/C14H18N4O2/c1-7(12-8(2)18-20-9(12)3)17-11-6-4-5-10(13(11)15)14(16)19/h4-7,17H,15H2,1-3H3,(H2,16,19). The van der Waals surface area contributed by atoms with Crippen molar-refractivity contribution < 1.29 is 9.32 Å². The molecule has 0 bridgehead atoms. The number of carbonyl (C=O) groups excluding carboxylic acids is 1. The van der Waals surface area contributed by atoms with Gasteiger partial charge in [0.1, 0.15) is 5.76 Å². The Morgan fingerprint density at radius 3 is 2.65 bits per heavy atom. The monoisotopic (exact) mass is 274 g/mol. The van der Waals surface area contributed by atoms with Crippen molar-refractivity contribution in [3.8, 4) is 0 Å². The number of nitrogens with zero attached hydrogens (tertiary/aromatic N) is 1. The third-order valence-electron chi connectivity index (χ3n) is 3.27. The summed E-state index contributed by atoms with van der Waals surface area (Å²) < 4.78 is 5.15. The van der Waals surface area contributed by atoms with Crippen LogP contribution in [-0.2, 0) is 0 Å². The van der Waals surface area contributed by atoms with Crippen LogP contribution in [-0.4, -0.2) is 11.1 Å². The summed E-state index contributed by atoms with van der Waals surface area (Å²) in [5.41, 5.74) is 14.4. The van der Waals surface area contributed by atoms with Gasteiger partial charge in [-0.1, -0.05) is 11.2 Å². The second-order valence-corrected chi connectivity index (χ2v) is 4.73. The molecule has 1 aromatic heterocycles. The molecule has 0 saturated carbocycles. The number of rotatable bonds is 4. The number of nitrogen functional groups attached to an aromatic ring is 1. The molecule has 1 unspecified atom stereocenters. The predicted octanol–water partition coefficient (Wildman–Crippen LogP) is 2.15. The number of hydrogen-bond donors (Lipinski definition) is 3. The first-order valence-corrected chi connectivity index (χ1v) is 6.29. The topological polar surface area (TPSA) is 107 Å². The van der Waals surface area contributed by atoms with Crippen molar-refractivity contribution in [2.45, 2.75) is 26.8 Å². The second-order valence-electron chi connectivity index (χ2n) is 4.73. The predicted molar refractivity (Wildman–Crippen MR) is 77.4 cm³/mol. The van der Waals surface area contributed by atoms with Gasteiger partial charge >= 0.3 is 0 Å². The molecule has 0 radical (unpaired) electrons. The van der Waals surface area contributed by atoms with Gasteiger partial charge in [-0.2, -0.15) is 0 Å². The van der Waals surface area contributed by atoms with E-state index in [0.717, 1.165) is 17.0 Å². The molecule has 1 atom stereocenters. The number of para-hydroxylation sites is 1. The Morgan fingerprint density at radius 1 is 1.40 bits per heavy atom. The molecule has 0 aliphatic rings. The highest BCUT2D eigenvalue weighted by Gasteiger charge is 2.18. The van der Waals surface area contributed by atoms with Crippen LogP contribution < -0.4 is 16.8 Å². The van der Waals surface area contributed by atoms with E-state index in [1.165, 1.54) is 0 Å². The Bertz CT molecular complexity index is 629. The minimum Gasteiger partial charge on any atom is -0.396 e. The highest BCUT2D eigenvalue weighted by molar-refractivity contribution is 6.00. The zero-order valence-electron chi connectivity index (χ0n) is 11.7. The molecular weight excluding hydrogens is 256 g/mol. The van der Waals surface area contributed by atoms with Crippen molar-refractivity contribution in [1.29, 1.82) is 0 Å². The highest BCUT2D eigenvalue weighted by atomic mass is 16.5. The van der Waals surface area contributed by atoms with Gasteiger partial charge in [0.05, 0.1) is 28.7 Å². The van der Waals surface area contributed by atoms with E-state index in [1.54, 1.807) is 18.2 Å². The lowest BCUT2D eigenvalue weighted by molar-refractivity contribution is 0.100. The maximum absolute atomic E-state index is 11.3. The fourth-order valence-corrected chi connectivity index (χ4v) is 2.32. The van der Waals surface area contributed by atoms with Gasteiger partial charge in [0.25, 0.3) is 5.91 Å². The number of nitrogens with two attached hydrogens (primary N) is 2. The van der Waals surface area contributed by atoms with Crippen molar-refractivity contribution in [2.24, 2.45) is 5.73 Å². The maximum Gasteiger partial charge on any atom is 0.250 e. The second kappa shape index (κ2) is 5.24. The zero-order chi connectivity index (χ0) is 14.9. The van der Waals surface area contributed by atoms with Crippen molar-refractivity contribution in [3.05, 3.63) is 40.8 Å². The Morgan fingerprint density at radius 2 is 2.10 bits per heavy atom. The first-order chi connectivity index (χ1) is 9.41. The van der Waals surface area contributed by atoms with Gasteiger partial charge < -0.3 is 21.3 Å². The molecular formula is C14H18N4O2. The molecule has 5 N–H and O–H groups in total. The zero-order valence-corrected chi connectivity index (χ0v) is 11.7. The highest BCUT2D eigenvalue weighted by Crippen LogP contribution is 2.29. The lowest BCUT2D eigenvalue weighted by atomic mass is 10.1. The molecule has 0 aliphatic heterocycles. The minimum atomic E-state index is -0.545. The number of aryl methyl sites for hydroxylation is 2.